The summed E-state index contributed by atoms with van der Waals surface area (Å²) < 4.78 is 7.84. The van der Waals surface area contributed by atoms with Gasteiger partial charge in [0.25, 0.3) is 0 Å². The Balaban J connectivity index is 1.43. The first-order valence-electron chi connectivity index (χ1n) is 8.15. The normalized spacial score (nSPS) is 32.6. The molecule has 0 saturated carbocycles. The van der Waals surface area contributed by atoms with Gasteiger partial charge >= 0.3 is 0 Å². The lowest BCUT2D eigenvalue weighted by Crippen LogP contribution is -2.47. The number of piperazine rings is 1. The van der Waals surface area contributed by atoms with Gasteiger partial charge in [-0.25, -0.2) is 4.31 Å². The summed E-state index contributed by atoms with van der Waals surface area (Å²) in [5.41, 5.74) is 0. The van der Waals surface area contributed by atoms with Gasteiger partial charge in [-0.3, -0.25) is 19.4 Å². The summed E-state index contributed by atoms with van der Waals surface area (Å²) in [5, 5.41) is 0. The largest absolute Gasteiger partial charge is 0.370 e. The molecule has 124 valence electrons. The Bertz CT molecular complexity index is 448. The van der Waals surface area contributed by atoms with Gasteiger partial charge in [-0.1, -0.05) is 6.92 Å². The van der Waals surface area contributed by atoms with E-state index in [1.165, 1.54) is 11.3 Å². The van der Waals surface area contributed by atoms with E-state index in [9.17, 15) is 9.59 Å². The van der Waals surface area contributed by atoms with Crippen LogP contribution >= 0.6 is 11.9 Å². The van der Waals surface area contributed by atoms with Crippen molar-refractivity contribution in [1.29, 1.82) is 0 Å². The van der Waals surface area contributed by atoms with E-state index in [0.29, 0.717) is 25.0 Å². The SMILES string of the molecule is CCOCSN1CC2CC1CN2CCN1C(=O)CC(C)C1=O. The van der Waals surface area contributed by atoms with Crippen LogP contribution in [0.15, 0.2) is 0 Å². The molecule has 3 aliphatic heterocycles. The Hall–Kier alpha value is -0.630. The number of hydrogen-bond donors (Lipinski definition) is 0. The summed E-state index contributed by atoms with van der Waals surface area (Å²) in [7, 11) is 0. The van der Waals surface area contributed by atoms with Crippen molar-refractivity contribution in [2.45, 2.75) is 38.8 Å². The molecule has 6 nitrogen and oxygen atoms in total. The molecule has 3 heterocycles. The first-order valence-corrected chi connectivity index (χ1v) is 9.10. The van der Waals surface area contributed by atoms with Crippen LogP contribution in [0.1, 0.15) is 26.7 Å². The first kappa shape index (κ1) is 16.2. The number of carbonyl (C=O) groups is 2. The number of ether oxygens (including phenoxy) is 1. The zero-order valence-corrected chi connectivity index (χ0v) is 14.2. The van der Waals surface area contributed by atoms with Crippen molar-refractivity contribution in [1.82, 2.24) is 14.1 Å². The van der Waals surface area contributed by atoms with Gasteiger partial charge in [0.1, 0.15) is 5.94 Å². The predicted octanol–water partition coefficient (Wildman–Crippen LogP) is 0.782. The van der Waals surface area contributed by atoms with Gasteiger partial charge in [0, 0.05) is 57.2 Å². The molecule has 0 radical (unpaired) electrons. The molecular formula is C15H25N3O3S. The highest BCUT2D eigenvalue weighted by Crippen LogP contribution is 2.35. The Morgan fingerprint density at radius 3 is 2.64 bits per heavy atom. The lowest BCUT2D eigenvalue weighted by molar-refractivity contribution is -0.139. The lowest BCUT2D eigenvalue weighted by atomic mass is 10.1. The number of rotatable bonds is 7. The van der Waals surface area contributed by atoms with Gasteiger partial charge < -0.3 is 4.74 Å². The molecule has 0 spiro atoms. The third-order valence-electron chi connectivity index (χ3n) is 4.89. The Labute approximate surface area is 136 Å². The van der Waals surface area contributed by atoms with E-state index in [1.807, 2.05) is 13.8 Å². The molecular weight excluding hydrogens is 302 g/mol. The van der Waals surface area contributed by atoms with Crippen LogP contribution in [-0.2, 0) is 14.3 Å². The molecule has 0 aliphatic carbocycles. The zero-order chi connectivity index (χ0) is 15.7. The smallest absolute Gasteiger partial charge is 0.232 e. The number of carbonyl (C=O) groups excluding carboxylic acids is 2. The van der Waals surface area contributed by atoms with Crippen LogP contribution in [0.3, 0.4) is 0 Å². The van der Waals surface area contributed by atoms with Gasteiger partial charge in [0.15, 0.2) is 0 Å². The highest BCUT2D eigenvalue weighted by molar-refractivity contribution is 7.96. The topological polar surface area (TPSA) is 53.1 Å². The van der Waals surface area contributed by atoms with Crippen LogP contribution in [-0.4, -0.2) is 76.7 Å². The molecule has 0 aromatic heterocycles. The van der Waals surface area contributed by atoms with E-state index in [1.54, 1.807) is 11.9 Å². The van der Waals surface area contributed by atoms with E-state index in [2.05, 4.69) is 9.21 Å². The van der Waals surface area contributed by atoms with Crippen molar-refractivity contribution in [2.24, 2.45) is 5.92 Å². The average molecular weight is 327 g/mol. The fraction of sp³-hybridized carbons (Fsp3) is 0.867. The molecule has 3 rings (SSSR count). The lowest BCUT2D eigenvalue weighted by Gasteiger charge is -2.33. The Morgan fingerprint density at radius 1 is 1.23 bits per heavy atom. The van der Waals surface area contributed by atoms with Crippen LogP contribution in [0.25, 0.3) is 0 Å². The zero-order valence-electron chi connectivity index (χ0n) is 13.4. The molecule has 22 heavy (non-hydrogen) atoms. The molecule has 2 bridgehead atoms. The van der Waals surface area contributed by atoms with E-state index >= 15 is 0 Å². The fourth-order valence-corrected chi connectivity index (χ4v) is 4.66. The van der Waals surface area contributed by atoms with Crippen LogP contribution in [0.2, 0.25) is 0 Å². The van der Waals surface area contributed by atoms with Crippen LogP contribution in [0, 0.1) is 5.92 Å². The quantitative estimate of drug-likeness (QED) is 0.298. The molecule has 2 amide bonds. The van der Waals surface area contributed by atoms with Gasteiger partial charge in [-0.2, -0.15) is 0 Å². The Kier molecular flexibility index (Phi) is 5.07. The molecule has 7 heteroatoms. The molecule has 3 saturated heterocycles. The minimum Gasteiger partial charge on any atom is -0.370 e. The number of hydrogen-bond acceptors (Lipinski definition) is 6. The van der Waals surface area contributed by atoms with E-state index in [4.69, 9.17) is 4.74 Å². The summed E-state index contributed by atoms with van der Waals surface area (Å²) >= 11 is 1.78. The number of fused-ring (bicyclic) bond motifs is 2. The molecule has 3 unspecified atom stereocenters. The second kappa shape index (κ2) is 6.86. The van der Waals surface area contributed by atoms with Crippen molar-refractivity contribution in [3.8, 4) is 0 Å². The molecule has 3 aliphatic rings. The van der Waals surface area contributed by atoms with Crippen molar-refractivity contribution in [3.05, 3.63) is 0 Å². The highest BCUT2D eigenvalue weighted by atomic mass is 32.2. The first-order chi connectivity index (χ1) is 10.6. The van der Waals surface area contributed by atoms with Crippen molar-refractivity contribution < 1.29 is 14.3 Å². The third kappa shape index (κ3) is 3.18. The maximum atomic E-state index is 11.9. The number of nitrogens with zero attached hydrogens (tertiary/aromatic N) is 3. The molecule has 0 N–H and O–H groups in total. The standard InChI is InChI=1S/C15H25N3O3S/c1-3-21-10-22-18-9-12-7-13(18)8-16(12)4-5-17-14(19)6-11(2)15(17)20/h11-13H,3-10H2,1-2H3. The second-order valence-corrected chi connectivity index (χ2v) is 7.33. The van der Waals surface area contributed by atoms with Crippen molar-refractivity contribution in [3.63, 3.8) is 0 Å². The monoisotopic (exact) mass is 327 g/mol. The van der Waals surface area contributed by atoms with Crippen LogP contribution in [0.4, 0.5) is 0 Å². The summed E-state index contributed by atoms with van der Waals surface area (Å²) in [5.74, 6) is 0.598. The second-order valence-electron chi connectivity index (χ2n) is 6.37. The Morgan fingerprint density at radius 2 is 2.05 bits per heavy atom. The van der Waals surface area contributed by atoms with Crippen LogP contribution < -0.4 is 0 Å². The van der Waals surface area contributed by atoms with Gasteiger partial charge in [0.2, 0.25) is 11.8 Å². The minimum absolute atomic E-state index is 0.00301. The van der Waals surface area contributed by atoms with Gasteiger partial charge in [-0.05, 0) is 25.3 Å². The van der Waals surface area contributed by atoms with Crippen molar-refractivity contribution in [2.75, 3.05) is 38.7 Å². The van der Waals surface area contributed by atoms with Crippen LogP contribution in [0.5, 0.6) is 0 Å². The van der Waals surface area contributed by atoms with E-state index in [0.717, 1.165) is 32.2 Å². The summed E-state index contributed by atoms with van der Waals surface area (Å²) in [6, 6.07) is 1.14. The fourth-order valence-electron chi connectivity index (χ4n) is 3.64. The van der Waals surface area contributed by atoms with E-state index in [-0.39, 0.29) is 17.7 Å². The third-order valence-corrected chi connectivity index (χ3v) is 5.94. The van der Waals surface area contributed by atoms with Gasteiger partial charge in [0.05, 0.1) is 0 Å². The van der Waals surface area contributed by atoms with E-state index < -0.39 is 0 Å². The number of imide groups is 1. The maximum absolute atomic E-state index is 11.9. The summed E-state index contributed by atoms with van der Waals surface area (Å²) in [6.07, 6.45) is 1.57. The van der Waals surface area contributed by atoms with Crippen molar-refractivity contribution >= 4 is 23.8 Å². The average Bonchev–Trinajstić information content (AvgIpc) is 3.13. The minimum atomic E-state index is -0.131. The summed E-state index contributed by atoms with van der Waals surface area (Å²) in [6.45, 7) is 8.08. The number of amides is 2. The molecule has 0 aromatic carbocycles. The summed E-state index contributed by atoms with van der Waals surface area (Å²) in [4.78, 5) is 27.7. The number of likely N-dealkylation sites (tertiary alicyclic amines) is 2. The predicted molar refractivity (Wildman–Crippen MR) is 85.1 cm³/mol. The molecule has 3 fully saturated rings. The molecule has 3 atom stereocenters. The highest BCUT2D eigenvalue weighted by Gasteiger charge is 2.44. The molecule has 0 aromatic rings. The van der Waals surface area contributed by atoms with Gasteiger partial charge in [-0.15, -0.1) is 0 Å². The maximum Gasteiger partial charge on any atom is 0.232 e.